The molecule has 0 radical (unpaired) electrons. The third kappa shape index (κ3) is 6.00. The lowest BCUT2D eigenvalue weighted by atomic mass is 9.81. The number of ether oxygens (including phenoxy) is 1. The summed E-state index contributed by atoms with van der Waals surface area (Å²) in [5.74, 6) is 1.63. The van der Waals surface area contributed by atoms with Gasteiger partial charge in [0.05, 0.1) is 18.0 Å². The predicted octanol–water partition coefficient (Wildman–Crippen LogP) is 4.90. The van der Waals surface area contributed by atoms with Gasteiger partial charge in [-0.05, 0) is 65.2 Å². The van der Waals surface area contributed by atoms with E-state index in [1.54, 1.807) is 6.20 Å². The molecule has 5 rings (SSSR count). The monoisotopic (exact) mass is 560 g/mol. The van der Waals surface area contributed by atoms with Crippen LogP contribution in [0.5, 0.6) is 5.88 Å². The molecule has 188 valence electrons. The van der Waals surface area contributed by atoms with E-state index in [9.17, 15) is 9.59 Å². The Morgan fingerprint density at radius 3 is 2.86 bits per heavy atom. The van der Waals surface area contributed by atoms with Crippen LogP contribution in [0.25, 0.3) is 0 Å². The highest BCUT2D eigenvalue weighted by atomic mass is 79.9. The molecule has 0 spiro atoms. The van der Waals surface area contributed by atoms with Gasteiger partial charge in [0.15, 0.2) is 0 Å². The third-order valence-electron chi connectivity index (χ3n) is 7.36. The van der Waals surface area contributed by atoms with Crippen molar-refractivity contribution in [2.24, 2.45) is 11.8 Å². The zero-order chi connectivity index (χ0) is 24.4. The van der Waals surface area contributed by atoms with Crippen molar-refractivity contribution in [3.8, 4) is 5.88 Å². The Balaban J connectivity index is 1.23. The minimum absolute atomic E-state index is 0.0260. The molecule has 2 aliphatic carbocycles. The summed E-state index contributed by atoms with van der Waals surface area (Å²) in [6.07, 6.45) is 9.26. The van der Waals surface area contributed by atoms with Crippen molar-refractivity contribution >= 4 is 44.8 Å². The number of carbonyl (C=O) groups is 2. The van der Waals surface area contributed by atoms with E-state index < -0.39 is 6.04 Å². The van der Waals surface area contributed by atoms with Crippen LogP contribution >= 0.6 is 27.3 Å². The average Bonchev–Trinajstić information content (AvgIpc) is 3.50. The van der Waals surface area contributed by atoms with Gasteiger partial charge in [-0.1, -0.05) is 32.6 Å². The lowest BCUT2D eigenvalue weighted by molar-refractivity contribution is -0.124. The van der Waals surface area contributed by atoms with Crippen LogP contribution in [0.2, 0.25) is 0 Å². The minimum atomic E-state index is -0.471. The fraction of sp³-hybridized carbons (Fsp3) is 0.577. The summed E-state index contributed by atoms with van der Waals surface area (Å²) in [5, 5.41) is 6.25. The summed E-state index contributed by atoms with van der Waals surface area (Å²) in [4.78, 5) is 34.6. The highest BCUT2D eigenvalue weighted by molar-refractivity contribution is 9.10. The highest BCUT2D eigenvalue weighted by Crippen LogP contribution is 2.34. The molecule has 0 saturated heterocycles. The van der Waals surface area contributed by atoms with Crippen LogP contribution < -0.4 is 20.3 Å². The molecule has 9 heteroatoms. The van der Waals surface area contributed by atoms with Gasteiger partial charge in [-0.25, -0.2) is 4.98 Å². The van der Waals surface area contributed by atoms with E-state index in [4.69, 9.17) is 4.74 Å². The van der Waals surface area contributed by atoms with Crippen LogP contribution in [0.1, 0.15) is 66.4 Å². The molecule has 3 heterocycles. The van der Waals surface area contributed by atoms with Crippen molar-refractivity contribution in [3.63, 3.8) is 0 Å². The first-order valence-corrected chi connectivity index (χ1v) is 14.3. The lowest BCUT2D eigenvalue weighted by Crippen LogP contribution is -2.53. The summed E-state index contributed by atoms with van der Waals surface area (Å²) in [7, 11) is 0. The minimum Gasteiger partial charge on any atom is -0.474 e. The van der Waals surface area contributed by atoms with E-state index in [0.717, 1.165) is 53.7 Å². The van der Waals surface area contributed by atoms with E-state index in [1.165, 1.54) is 24.2 Å². The number of nitrogens with one attached hydrogen (secondary N) is 2. The average molecular weight is 562 g/mol. The summed E-state index contributed by atoms with van der Waals surface area (Å²) < 4.78 is 6.59. The van der Waals surface area contributed by atoms with Gasteiger partial charge in [0.1, 0.15) is 18.3 Å². The van der Waals surface area contributed by atoms with Gasteiger partial charge in [-0.15, -0.1) is 11.3 Å². The summed E-state index contributed by atoms with van der Waals surface area (Å²) in [5.41, 5.74) is 0.948. The topological polar surface area (TPSA) is 83.6 Å². The number of halogens is 1. The number of aromatic nitrogens is 1. The molecule has 0 unspecified atom stereocenters. The van der Waals surface area contributed by atoms with E-state index >= 15 is 0 Å². The van der Waals surface area contributed by atoms with Crippen molar-refractivity contribution < 1.29 is 14.3 Å². The summed E-state index contributed by atoms with van der Waals surface area (Å²) >= 11 is 4.97. The number of rotatable bonds is 8. The molecule has 2 fully saturated rings. The second kappa shape index (κ2) is 10.9. The van der Waals surface area contributed by atoms with E-state index in [1.807, 2.05) is 18.2 Å². The number of thiophene rings is 1. The molecule has 2 aromatic heterocycles. The van der Waals surface area contributed by atoms with E-state index in [0.29, 0.717) is 35.7 Å². The van der Waals surface area contributed by atoms with Crippen molar-refractivity contribution in [2.75, 3.05) is 18.1 Å². The van der Waals surface area contributed by atoms with Crippen molar-refractivity contribution in [1.82, 2.24) is 15.6 Å². The van der Waals surface area contributed by atoms with Gasteiger partial charge in [0.2, 0.25) is 11.8 Å². The van der Waals surface area contributed by atoms with Gasteiger partial charge < -0.3 is 20.3 Å². The molecule has 1 atom stereocenters. The van der Waals surface area contributed by atoms with Crippen LogP contribution in [0, 0.1) is 11.8 Å². The third-order valence-corrected chi connectivity index (χ3v) is 8.86. The Morgan fingerprint density at radius 2 is 2.09 bits per heavy atom. The van der Waals surface area contributed by atoms with Gasteiger partial charge >= 0.3 is 0 Å². The van der Waals surface area contributed by atoms with Crippen LogP contribution in [0.3, 0.4) is 0 Å². The Morgan fingerprint density at radius 1 is 1.29 bits per heavy atom. The number of pyridine rings is 1. The molecule has 2 aromatic rings. The Hall–Kier alpha value is -2.13. The number of hydrogen-bond acceptors (Lipinski definition) is 6. The largest absolute Gasteiger partial charge is 0.474 e. The quantitative estimate of drug-likeness (QED) is 0.479. The molecule has 0 bridgehead atoms. The van der Waals surface area contributed by atoms with Crippen LogP contribution in [-0.4, -0.2) is 42.0 Å². The number of amides is 2. The maximum Gasteiger partial charge on any atom is 0.262 e. The van der Waals surface area contributed by atoms with E-state index in [2.05, 4.69) is 43.4 Å². The van der Waals surface area contributed by atoms with Crippen LogP contribution in [-0.2, 0) is 11.3 Å². The van der Waals surface area contributed by atoms with Crippen LogP contribution in [0.4, 0.5) is 5.69 Å². The second-order valence-corrected chi connectivity index (χ2v) is 12.3. The molecular formula is C26H33BrN4O3S. The molecule has 1 aliphatic heterocycles. The SMILES string of the molecule is CC1CC(NC(=O)[C@H](CC2CCCC2)NC(=O)c2ccc(CN3CCOc4ncc(Br)cc43)s2)C1. The van der Waals surface area contributed by atoms with Gasteiger partial charge in [0, 0.05) is 21.6 Å². The molecule has 2 amide bonds. The van der Waals surface area contributed by atoms with E-state index in [-0.39, 0.29) is 17.9 Å². The first-order valence-electron chi connectivity index (χ1n) is 12.7. The molecular weight excluding hydrogens is 528 g/mol. The zero-order valence-electron chi connectivity index (χ0n) is 20.1. The lowest BCUT2D eigenvalue weighted by Gasteiger charge is -2.34. The Kier molecular flexibility index (Phi) is 7.62. The first kappa shape index (κ1) is 24.6. The number of fused-ring (bicyclic) bond motifs is 1. The number of nitrogens with zero attached hydrogens (tertiary/aromatic N) is 2. The Bertz CT molecular complexity index is 1060. The molecule has 3 aliphatic rings. The standard InChI is InChI=1S/C26H33BrN4O3S/c1-16-10-19(11-16)29-24(32)21(12-17-4-2-3-5-17)30-25(33)23-7-6-20(35-23)15-31-8-9-34-26-22(31)13-18(27)14-28-26/h6-7,13-14,16-17,19,21H,2-5,8-12,15H2,1H3,(H,29,32)(H,30,33)/t16?,19?,21-/m0/s1. The molecule has 7 nitrogen and oxygen atoms in total. The number of carbonyl (C=O) groups excluding carboxylic acids is 2. The maximum atomic E-state index is 13.2. The summed E-state index contributed by atoms with van der Waals surface area (Å²) in [6, 6.07) is 5.66. The number of anilines is 1. The van der Waals surface area contributed by atoms with Gasteiger partial charge in [-0.3, -0.25) is 9.59 Å². The molecule has 0 aromatic carbocycles. The normalized spacial score (nSPS) is 22.6. The second-order valence-electron chi connectivity index (χ2n) is 10.2. The summed E-state index contributed by atoms with van der Waals surface area (Å²) in [6.45, 7) is 4.23. The fourth-order valence-corrected chi connectivity index (χ4v) is 6.67. The van der Waals surface area contributed by atoms with Crippen molar-refractivity contribution in [2.45, 2.75) is 70.5 Å². The van der Waals surface area contributed by atoms with Gasteiger partial charge in [0.25, 0.3) is 5.91 Å². The van der Waals surface area contributed by atoms with Crippen molar-refractivity contribution in [1.29, 1.82) is 0 Å². The number of hydrogen-bond donors (Lipinski definition) is 2. The van der Waals surface area contributed by atoms with Crippen LogP contribution in [0.15, 0.2) is 28.9 Å². The fourth-order valence-electron chi connectivity index (χ4n) is 5.43. The molecule has 2 saturated carbocycles. The highest BCUT2D eigenvalue weighted by Gasteiger charge is 2.32. The predicted molar refractivity (Wildman–Crippen MR) is 141 cm³/mol. The Labute approximate surface area is 219 Å². The first-order chi connectivity index (χ1) is 16.9. The maximum absolute atomic E-state index is 13.2. The molecule has 35 heavy (non-hydrogen) atoms. The zero-order valence-corrected chi connectivity index (χ0v) is 22.5. The van der Waals surface area contributed by atoms with Crippen molar-refractivity contribution in [3.05, 3.63) is 38.6 Å². The molecule has 2 N–H and O–H groups in total. The smallest absolute Gasteiger partial charge is 0.262 e. The van der Waals surface area contributed by atoms with Gasteiger partial charge in [-0.2, -0.15) is 0 Å².